The van der Waals surface area contributed by atoms with Gasteiger partial charge < -0.3 is 14.6 Å². The van der Waals surface area contributed by atoms with Crippen LogP contribution in [0.1, 0.15) is 11.3 Å². The molecule has 24 heavy (non-hydrogen) atoms. The number of nitrogens with one attached hydrogen (secondary N) is 1. The maximum absolute atomic E-state index is 12.0. The highest BCUT2D eigenvalue weighted by atomic mass is 32.2. The highest BCUT2D eigenvalue weighted by Gasteiger charge is 2.30. The summed E-state index contributed by atoms with van der Waals surface area (Å²) in [6.45, 7) is 1.66. The van der Waals surface area contributed by atoms with E-state index in [0.29, 0.717) is 11.3 Å². The zero-order chi connectivity index (χ0) is 17.7. The van der Waals surface area contributed by atoms with Crippen LogP contribution in [-0.2, 0) is 21.3 Å². The van der Waals surface area contributed by atoms with Crippen LogP contribution in [0.2, 0.25) is 0 Å². The second kappa shape index (κ2) is 7.47. The number of carbonyl (C=O) groups excluding carboxylic acids is 1. The first-order valence-corrected chi connectivity index (χ1v) is 8.13. The highest BCUT2D eigenvalue weighted by Crippen LogP contribution is 2.23. The number of alkyl halides is 3. The number of hydrogen-bond donors (Lipinski definition) is 1. The predicted molar refractivity (Wildman–Crippen MR) is 79.7 cm³/mol. The summed E-state index contributed by atoms with van der Waals surface area (Å²) in [6, 6.07) is 6.48. The molecule has 1 amide bonds. The minimum Gasteiger partial charge on any atom is -0.406 e. The number of aryl methyl sites for hydroxylation is 1. The van der Waals surface area contributed by atoms with E-state index in [9.17, 15) is 22.2 Å². The van der Waals surface area contributed by atoms with Gasteiger partial charge in [0.25, 0.3) is 0 Å². The molecule has 130 valence electrons. The van der Waals surface area contributed by atoms with E-state index in [1.165, 1.54) is 18.2 Å². The van der Waals surface area contributed by atoms with Crippen LogP contribution >= 0.6 is 0 Å². The first kappa shape index (κ1) is 18.0. The van der Waals surface area contributed by atoms with Gasteiger partial charge in [-0.2, -0.15) is 0 Å². The van der Waals surface area contributed by atoms with Crippen LogP contribution in [0, 0.1) is 6.92 Å². The molecule has 0 spiro atoms. The summed E-state index contributed by atoms with van der Waals surface area (Å²) >= 11 is 0. The molecule has 0 bridgehead atoms. The predicted octanol–water partition coefficient (Wildman–Crippen LogP) is 2.77. The van der Waals surface area contributed by atoms with Crippen molar-refractivity contribution in [2.75, 3.05) is 11.1 Å². The molecule has 2 rings (SSSR count). The molecular formula is C14H13F3N2O4S. The van der Waals surface area contributed by atoms with Gasteiger partial charge in [0.15, 0.2) is 5.82 Å². The Morgan fingerprint density at radius 3 is 2.54 bits per heavy atom. The van der Waals surface area contributed by atoms with Crippen molar-refractivity contribution in [2.45, 2.75) is 19.0 Å². The lowest BCUT2D eigenvalue weighted by Crippen LogP contribution is -2.20. The van der Waals surface area contributed by atoms with E-state index >= 15 is 0 Å². The molecule has 0 saturated heterocycles. The Morgan fingerprint density at radius 2 is 2.00 bits per heavy atom. The highest BCUT2D eigenvalue weighted by molar-refractivity contribution is 7.84. The van der Waals surface area contributed by atoms with Gasteiger partial charge in [-0.25, -0.2) is 0 Å². The summed E-state index contributed by atoms with van der Waals surface area (Å²) in [5.74, 6) is -0.366. The van der Waals surface area contributed by atoms with Crippen molar-refractivity contribution in [3.63, 3.8) is 0 Å². The van der Waals surface area contributed by atoms with Gasteiger partial charge in [0.05, 0.1) is 0 Å². The van der Waals surface area contributed by atoms with Gasteiger partial charge >= 0.3 is 6.36 Å². The summed E-state index contributed by atoms with van der Waals surface area (Å²) in [5.41, 5.74) is 0.521. The zero-order valence-electron chi connectivity index (χ0n) is 12.4. The van der Waals surface area contributed by atoms with Gasteiger partial charge in [-0.15, -0.1) is 13.2 Å². The van der Waals surface area contributed by atoms with Crippen molar-refractivity contribution >= 4 is 22.5 Å². The Bertz CT molecular complexity index is 728. The van der Waals surface area contributed by atoms with Gasteiger partial charge in [0.2, 0.25) is 5.91 Å². The maximum atomic E-state index is 12.0. The van der Waals surface area contributed by atoms with Crippen molar-refractivity contribution in [3.05, 3.63) is 41.7 Å². The number of amides is 1. The number of halogens is 3. The second-order valence-corrected chi connectivity index (χ2v) is 6.25. The van der Waals surface area contributed by atoms with Gasteiger partial charge in [-0.3, -0.25) is 9.00 Å². The van der Waals surface area contributed by atoms with Gasteiger partial charge in [-0.1, -0.05) is 17.3 Å². The number of benzene rings is 1. The van der Waals surface area contributed by atoms with Crippen LogP contribution in [0.25, 0.3) is 0 Å². The van der Waals surface area contributed by atoms with E-state index in [1.54, 1.807) is 6.92 Å². The standard InChI is InChI=1S/C14H13F3N2O4S/c1-9-6-12(19-23-9)18-13(20)8-24(21)7-10-2-4-11(5-3-10)22-14(15,16)17/h2-6H,7-8H2,1H3,(H,18,19,20). The molecule has 0 aliphatic rings. The number of carbonyl (C=O) groups is 1. The molecule has 0 saturated carbocycles. The molecule has 1 aromatic heterocycles. The van der Waals surface area contributed by atoms with Crippen LogP contribution < -0.4 is 10.1 Å². The molecule has 1 heterocycles. The smallest absolute Gasteiger partial charge is 0.406 e. The van der Waals surface area contributed by atoms with Crippen molar-refractivity contribution in [3.8, 4) is 5.75 Å². The molecule has 1 N–H and O–H groups in total. The number of nitrogens with zero attached hydrogens (tertiary/aromatic N) is 1. The molecule has 0 aliphatic carbocycles. The summed E-state index contributed by atoms with van der Waals surface area (Å²) in [6.07, 6.45) is -4.76. The SMILES string of the molecule is Cc1cc(NC(=O)CS(=O)Cc2ccc(OC(F)(F)F)cc2)no1. The lowest BCUT2D eigenvalue weighted by molar-refractivity contribution is -0.274. The van der Waals surface area contributed by atoms with Crippen LogP contribution in [0.5, 0.6) is 5.75 Å². The average molecular weight is 362 g/mol. The molecule has 1 aromatic carbocycles. The number of ether oxygens (including phenoxy) is 1. The molecule has 2 aromatic rings. The van der Waals surface area contributed by atoms with Gasteiger partial charge in [0, 0.05) is 22.6 Å². The van der Waals surface area contributed by atoms with E-state index in [-0.39, 0.29) is 23.1 Å². The summed E-state index contributed by atoms with van der Waals surface area (Å²) in [7, 11) is -1.53. The van der Waals surface area contributed by atoms with E-state index in [2.05, 4.69) is 15.2 Å². The first-order valence-electron chi connectivity index (χ1n) is 6.64. The van der Waals surface area contributed by atoms with Crippen LogP contribution in [-0.4, -0.2) is 27.4 Å². The number of aromatic nitrogens is 1. The van der Waals surface area contributed by atoms with Crippen LogP contribution in [0.15, 0.2) is 34.9 Å². The molecule has 0 radical (unpaired) electrons. The van der Waals surface area contributed by atoms with Crippen LogP contribution in [0.4, 0.5) is 19.0 Å². The Morgan fingerprint density at radius 1 is 1.33 bits per heavy atom. The van der Waals surface area contributed by atoms with Crippen molar-refractivity contribution in [2.24, 2.45) is 0 Å². The van der Waals surface area contributed by atoms with E-state index in [0.717, 1.165) is 12.1 Å². The maximum Gasteiger partial charge on any atom is 0.573 e. The molecular weight excluding hydrogens is 349 g/mol. The molecule has 1 atom stereocenters. The van der Waals surface area contributed by atoms with Crippen molar-refractivity contribution in [1.82, 2.24) is 5.16 Å². The number of rotatable bonds is 6. The molecule has 10 heteroatoms. The lowest BCUT2D eigenvalue weighted by atomic mass is 10.2. The van der Waals surface area contributed by atoms with Crippen molar-refractivity contribution in [1.29, 1.82) is 0 Å². The third-order valence-electron chi connectivity index (χ3n) is 2.67. The fourth-order valence-electron chi connectivity index (χ4n) is 1.77. The van der Waals surface area contributed by atoms with E-state index in [4.69, 9.17) is 4.52 Å². The zero-order valence-corrected chi connectivity index (χ0v) is 13.2. The summed E-state index contributed by atoms with van der Waals surface area (Å²) in [5, 5.41) is 6.01. The Kier molecular flexibility index (Phi) is 5.60. The van der Waals surface area contributed by atoms with Gasteiger partial charge in [0.1, 0.15) is 17.3 Å². The largest absolute Gasteiger partial charge is 0.573 e. The Labute approximate surface area is 137 Å². The third-order valence-corrected chi connectivity index (χ3v) is 3.91. The van der Waals surface area contributed by atoms with Crippen LogP contribution in [0.3, 0.4) is 0 Å². The monoisotopic (exact) mass is 362 g/mol. The first-order chi connectivity index (χ1) is 11.2. The van der Waals surface area contributed by atoms with Gasteiger partial charge in [-0.05, 0) is 24.6 Å². The topological polar surface area (TPSA) is 81.4 Å². The average Bonchev–Trinajstić information content (AvgIpc) is 2.84. The molecule has 6 nitrogen and oxygen atoms in total. The number of hydrogen-bond acceptors (Lipinski definition) is 5. The fraction of sp³-hybridized carbons (Fsp3) is 0.286. The molecule has 0 aliphatic heterocycles. The second-order valence-electron chi connectivity index (χ2n) is 4.79. The number of anilines is 1. The van der Waals surface area contributed by atoms with E-state index in [1.807, 2.05) is 0 Å². The Hall–Kier alpha value is -2.36. The lowest BCUT2D eigenvalue weighted by Gasteiger charge is -2.09. The summed E-state index contributed by atoms with van der Waals surface area (Å²) in [4.78, 5) is 11.7. The summed E-state index contributed by atoms with van der Waals surface area (Å²) < 4.78 is 56.6. The fourth-order valence-corrected chi connectivity index (χ4v) is 2.81. The molecule has 1 unspecified atom stereocenters. The normalized spacial score (nSPS) is 12.7. The minimum atomic E-state index is -4.76. The quantitative estimate of drug-likeness (QED) is 0.855. The van der Waals surface area contributed by atoms with Crippen molar-refractivity contribution < 1.29 is 31.4 Å². The Balaban J connectivity index is 1.84. The third kappa shape index (κ3) is 6.03. The molecule has 0 fully saturated rings. The minimum absolute atomic E-state index is 0.0254. The van der Waals surface area contributed by atoms with E-state index < -0.39 is 23.1 Å².